The van der Waals surface area contributed by atoms with Crippen LogP contribution in [0.2, 0.25) is 0 Å². The number of carbonyl (C=O) groups is 2. The third-order valence-corrected chi connectivity index (χ3v) is 2.56. The molecular formula is C12H24N4O4. The second-order valence-corrected chi connectivity index (χ2v) is 4.31. The number of carbonyl (C=O) groups excluding carboxylic acids is 2. The summed E-state index contributed by atoms with van der Waals surface area (Å²) in [7, 11) is 0. The summed E-state index contributed by atoms with van der Waals surface area (Å²) in [6.45, 7) is 4.81. The maximum absolute atomic E-state index is 11.3. The first-order valence-corrected chi connectivity index (χ1v) is 6.89. The molecule has 1 aliphatic rings. The summed E-state index contributed by atoms with van der Waals surface area (Å²) in [6, 6.07) is 0. The van der Waals surface area contributed by atoms with Gasteiger partial charge in [0, 0.05) is 39.3 Å². The van der Waals surface area contributed by atoms with E-state index in [1.807, 2.05) is 0 Å². The number of nitrogens with one attached hydrogen (secondary N) is 4. The highest BCUT2D eigenvalue weighted by molar-refractivity contribution is 5.77. The van der Waals surface area contributed by atoms with Gasteiger partial charge in [-0.25, -0.2) is 0 Å². The third kappa shape index (κ3) is 9.68. The summed E-state index contributed by atoms with van der Waals surface area (Å²) in [5, 5.41) is 11.9. The average Bonchev–Trinajstić information content (AvgIpc) is 2.43. The fourth-order valence-electron chi connectivity index (χ4n) is 1.56. The van der Waals surface area contributed by atoms with Crippen LogP contribution in [-0.4, -0.2) is 77.5 Å². The predicted molar refractivity (Wildman–Crippen MR) is 73.4 cm³/mol. The van der Waals surface area contributed by atoms with Crippen LogP contribution in [-0.2, 0) is 19.1 Å². The van der Waals surface area contributed by atoms with E-state index >= 15 is 0 Å². The van der Waals surface area contributed by atoms with Gasteiger partial charge in [-0.3, -0.25) is 9.59 Å². The maximum Gasteiger partial charge on any atom is 0.246 e. The van der Waals surface area contributed by atoms with Gasteiger partial charge in [0.2, 0.25) is 11.8 Å². The van der Waals surface area contributed by atoms with Crippen LogP contribution in [0.1, 0.15) is 0 Å². The maximum atomic E-state index is 11.3. The van der Waals surface area contributed by atoms with Crippen LogP contribution in [0, 0.1) is 0 Å². The molecule has 0 aromatic carbocycles. The summed E-state index contributed by atoms with van der Waals surface area (Å²) in [5.41, 5.74) is 0. The summed E-state index contributed by atoms with van der Waals surface area (Å²) in [4.78, 5) is 22.7. The molecule has 0 unspecified atom stereocenters. The molecule has 4 N–H and O–H groups in total. The van der Waals surface area contributed by atoms with Gasteiger partial charge in [-0.1, -0.05) is 0 Å². The molecule has 0 spiro atoms. The van der Waals surface area contributed by atoms with Gasteiger partial charge in [0.05, 0.1) is 13.2 Å². The molecule has 0 saturated carbocycles. The molecule has 0 radical (unpaired) electrons. The van der Waals surface area contributed by atoms with Crippen molar-refractivity contribution in [2.75, 3.05) is 65.7 Å². The number of hydrogen-bond donors (Lipinski definition) is 4. The lowest BCUT2D eigenvalue weighted by Gasteiger charge is -2.10. The minimum atomic E-state index is -0.149. The normalized spacial score (nSPS) is 22.2. The van der Waals surface area contributed by atoms with Gasteiger partial charge in [0.25, 0.3) is 0 Å². The Morgan fingerprint density at radius 3 is 1.50 bits per heavy atom. The molecule has 0 aromatic rings. The molecular weight excluding hydrogens is 264 g/mol. The van der Waals surface area contributed by atoms with Crippen LogP contribution in [0.3, 0.4) is 0 Å². The van der Waals surface area contributed by atoms with Crippen molar-refractivity contribution in [3.63, 3.8) is 0 Å². The van der Waals surface area contributed by atoms with Gasteiger partial charge in [0.1, 0.15) is 13.2 Å². The molecule has 1 aliphatic heterocycles. The van der Waals surface area contributed by atoms with Crippen LogP contribution in [0.15, 0.2) is 0 Å². The number of amides is 2. The van der Waals surface area contributed by atoms with Gasteiger partial charge >= 0.3 is 0 Å². The van der Waals surface area contributed by atoms with E-state index < -0.39 is 0 Å². The molecule has 116 valence electrons. The van der Waals surface area contributed by atoms with E-state index in [1.165, 1.54) is 0 Å². The molecule has 0 bridgehead atoms. The number of hydrogen-bond acceptors (Lipinski definition) is 6. The molecule has 8 nitrogen and oxygen atoms in total. The van der Waals surface area contributed by atoms with Crippen LogP contribution < -0.4 is 21.3 Å². The van der Waals surface area contributed by atoms with Crippen LogP contribution in [0.4, 0.5) is 0 Å². The largest absolute Gasteiger partial charge is 0.369 e. The molecule has 1 heterocycles. The zero-order chi connectivity index (χ0) is 14.5. The SMILES string of the molecule is O=C1COCCOCC(=O)NCCNCCNCCN1. The molecule has 1 fully saturated rings. The van der Waals surface area contributed by atoms with E-state index in [0.29, 0.717) is 39.4 Å². The zero-order valence-corrected chi connectivity index (χ0v) is 11.7. The number of rotatable bonds is 0. The highest BCUT2D eigenvalue weighted by atomic mass is 16.5. The Hall–Kier alpha value is -1.22. The molecule has 0 atom stereocenters. The fourth-order valence-corrected chi connectivity index (χ4v) is 1.56. The molecule has 2 amide bonds. The summed E-state index contributed by atoms with van der Waals surface area (Å²) in [5.74, 6) is -0.299. The topological polar surface area (TPSA) is 101 Å². The Morgan fingerprint density at radius 2 is 1.05 bits per heavy atom. The molecule has 1 saturated heterocycles. The van der Waals surface area contributed by atoms with Crippen LogP contribution in [0.25, 0.3) is 0 Å². The van der Waals surface area contributed by atoms with Gasteiger partial charge in [-0.05, 0) is 0 Å². The molecule has 1 rings (SSSR count). The Kier molecular flexibility index (Phi) is 9.76. The standard InChI is InChI=1S/C12H24N4O4/c17-11-9-19-7-8-20-10-12(18)16-6-4-14-2-1-13-3-5-15-11/h13-14H,1-10H2,(H,15,17)(H,16,18). The van der Waals surface area contributed by atoms with Gasteiger partial charge < -0.3 is 30.7 Å². The van der Waals surface area contributed by atoms with Crippen molar-refractivity contribution < 1.29 is 19.1 Å². The lowest BCUT2D eigenvalue weighted by molar-refractivity contribution is -0.129. The quantitative estimate of drug-likeness (QED) is 0.391. The summed E-state index contributed by atoms with van der Waals surface area (Å²) in [6.07, 6.45) is 0. The Morgan fingerprint density at radius 1 is 0.650 bits per heavy atom. The second kappa shape index (κ2) is 11.6. The van der Waals surface area contributed by atoms with Gasteiger partial charge in [-0.15, -0.1) is 0 Å². The first-order valence-electron chi connectivity index (χ1n) is 6.89. The Labute approximate surface area is 118 Å². The zero-order valence-electron chi connectivity index (χ0n) is 11.7. The van der Waals surface area contributed by atoms with E-state index in [9.17, 15) is 9.59 Å². The van der Waals surface area contributed by atoms with E-state index in [1.54, 1.807) is 0 Å². The lowest BCUT2D eigenvalue weighted by Crippen LogP contribution is -2.39. The van der Waals surface area contributed by atoms with E-state index in [4.69, 9.17) is 9.47 Å². The fraction of sp³-hybridized carbons (Fsp3) is 0.833. The first kappa shape index (κ1) is 16.8. The predicted octanol–water partition coefficient (Wildman–Crippen LogP) is -2.56. The summed E-state index contributed by atoms with van der Waals surface area (Å²) >= 11 is 0. The van der Waals surface area contributed by atoms with Crippen molar-refractivity contribution >= 4 is 11.8 Å². The van der Waals surface area contributed by atoms with Crippen molar-refractivity contribution in [3.05, 3.63) is 0 Å². The van der Waals surface area contributed by atoms with E-state index in [-0.39, 0.29) is 25.0 Å². The first-order chi connectivity index (χ1) is 9.79. The lowest BCUT2D eigenvalue weighted by atomic mass is 10.5. The van der Waals surface area contributed by atoms with Gasteiger partial charge in [0.15, 0.2) is 0 Å². The molecule has 0 aliphatic carbocycles. The molecule has 0 aromatic heterocycles. The van der Waals surface area contributed by atoms with Crippen molar-refractivity contribution in [1.29, 1.82) is 0 Å². The number of ether oxygens (including phenoxy) is 2. The smallest absolute Gasteiger partial charge is 0.246 e. The van der Waals surface area contributed by atoms with Crippen molar-refractivity contribution in [3.8, 4) is 0 Å². The highest BCUT2D eigenvalue weighted by Crippen LogP contribution is 1.80. The summed E-state index contributed by atoms with van der Waals surface area (Å²) < 4.78 is 10.3. The van der Waals surface area contributed by atoms with Crippen LogP contribution >= 0.6 is 0 Å². The molecule has 20 heavy (non-hydrogen) atoms. The average molecular weight is 288 g/mol. The van der Waals surface area contributed by atoms with Crippen LogP contribution in [0.5, 0.6) is 0 Å². The Bertz CT molecular complexity index is 261. The van der Waals surface area contributed by atoms with Gasteiger partial charge in [-0.2, -0.15) is 0 Å². The second-order valence-electron chi connectivity index (χ2n) is 4.31. The minimum absolute atomic E-state index is 0.0110. The molecule has 8 heteroatoms. The van der Waals surface area contributed by atoms with E-state index in [0.717, 1.165) is 13.1 Å². The monoisotopic (exact) mass is 288 g/mol. The minimum Gasteiger partial charge on any atom is -0.369 e. The third-order valence-electron chi connectivity index (χ3n) is 2.56. The highest BCUT2D eigenvalue weighted by Gasteiger charge is 2.03. The van der Waals surface area contributed by atoms with Crippen molar-refractivity contribution in [2.45, 2.75) is 0 Å². The van der Waals surface area contributed by atoms with Crippen molar-refractivity contribution in [1.82, 2.24) is 21.3 Å². The van der Waals surface area contributed by atoms with E-state index in [2.05, 4.69) is 21.3 Å². The Balaban J connectivity index is 2.19. The van der Waals surface area contributed by atoms with Crippen molar-refractivity contribution in [2.24, 2.45) is 0 Å².